The van der Waals surface area contributed by atoms with Crippen LogP contribution >= 0.6 is 0 Å². The maximum atomic E-state index is 9.30. The lowest BCUT2D eigenvalue weighted by Gasteiger charge is -1.99. The summed E-state index contributed by atoms with van der Waals surface area (Å²) in [7, 11) is 0. The minimum absolute atomic E-state index is 0.197. The van der Waals surface area contributed by atoms with Crippen molar-refractivity contribution < 1.29 is 5.11 Å². The van der Waals surface area contributed by atoms with Crippen LogP contribution in [0.1, 0.15) is 5.56 Å². The number of phenols is 1. The van der Waals surface area contributed by atoms with Crippen LogP contribution in [0.2, 0.25) is 0 Å². The molecule has 5 N–H and O–H groups in total. The van der Waals surface area contributed by atoms with Crippen LogP contribution in [0.5, 0.6) is 5.75 Å². The minimum atomic E-state index is 0.197. The van der Waals surface area contributed by atoms with Crippen molar-refractivity contribution in [2.75, 3.05) is 0 Å². The van der Waals surface area contributed by atoms with Gasteiger partial charge in [0.05, 0.1) is 6.54 Å². The number of hydrogen-bond donors (Lipinski definition) is 3. The molecule has 1 rings (SSSR count). The molecule has 0 heterocycles. The van der Waals surface area contributed by atoms with Crippen LogP contribution < -0.4 is 11.5 Å². The molecule has 0 aliphatic heterocycles. The van der Waals surface area contributed by atoms with Crippen molar-refractivity contribution in [1.29, 1.82) is 0 Å². The number of para-hydroxylation sites is 1. The van der Waals surface area contributed by atoms with Crippen LogP contribution in [0.25, 0.3) is 6.08 Å². The second kappa shape index (κ2) is 3.78. The molecule has 0 bridgehead atoms. The molecule has 1 aromatic carbocycles. The number of nitrogens with two attached hydrogens (primary N) is 2. The van der Waals surface area contributed by atoms with E-state index in [9.17, 15) is 5.11 Å². The first kappa shape index (κ1) is 8.62. The van der Waals surface area contributed by atoms with Crippen LogP contribution in [0.4, 0.5) is 0 Å². The molecule has 1 aromatic rings. The molecule has 0 fully saturated rings. The Labute approximate surface area is 71.3 Å². The number of aromatic hydroxyl groups is 1. The van der Waals surface area contributed by atoms with Gasteiger partial charge in [0, 0.05) is 11.3 Å². The van der Waals surface area contributed by atoms with Crippen molar-refractivity contribution >= 4 is 6.08 Å². The molecule has 0 saturated carbocycles. The van der Waals surface area contributed by atoms with Crippen molar-refractivity contribution in [1.82, 2.24) is 0 Å². The Hall–Kier alpha value is -1.48. The Balaban J connectivity index is 2.96. The second-order valence-electron chi connectivity index (χ2n) is 2.37. The largest absolute Gasteiger partial charge is 0.507 e. The van der Waals surface area contributed by atoms with Crippen molar-refractivity contribution in [3.8, 4) is 5.75 Å². The van der Waals surface area contributed by atoms with E-state index in [4.69, 9.17) is 11.5 Å². The summed E-state index contributed by atoms with van der Waals surface area (Å²) in [5.74, 6) is 0.197. The van der Waals surface area contributed by atoms with Crippen molar-refractivity contribution in [3.05, 3.63) is 42.1 Å². The Morgan fingerprint density at radius 3 is 2.58 bits per heavy atom. The first-order valence-electron chi connectivity index (χ1n) is 3.54. The number of hydrogen-bond acceptors (Lipinski definition) is 3. The van der Waals surface area contributed by atoms with Gasteiger partial charge in [0.1, 0.15) is 5.75 Å². The van der Waals surface area contributed by atoms with Gasteiger partial charge in [-0.05, 0) is 12.1 Å². The molecular formula is C9H11N2O. The van der Waals surface area contributed by atoms with E-state index in [-0.39, 0.29) is 5.75 Å². The molecule has 12 heavy (non-hydrogen) atoms. The summed E-state index contributed by atoms with van der Waals surface area (Å²) in [5, 5.41) is 9.30. The average molecular weight is 163 g/mol. The lowest BCUT2D eigenvalue weighted by Crippen LogP contribution is -2.03. The molecule has 0 unspecified atom stereocenters. The highest BCUT2D eigenvalue weighted by Gasteiger charge is 1.95. The number of phenolic OH excluding ortho intramolecular Hbond substituents is 1. The van der Waals surface area contributed by atoms with E-state index in [0.29, 0.717) is 11.3 Å². The van der Waals surface area contributed by atoms with Crippen LogP contribution in [0.3, 0.4) is 0 Å². The lowest BCUT2D eigenvalue weighted by atomic mass is 10.2. The van der Waals surface area contributed by atoms with Crippen LogP contribution in [-0.4, -0.2) is 5.11 Å². The average Bonchev–Trinajstić information content (AvgIpc) is 2.09. The molecule has 3 heteroatoms. The zero-order valence-corrected chi connectivity index (χ0v) is 6.57. The Morgan fingerprint density at radius 2 is 2.00 bits per heavy atom. The molecule has 0 aliphatic carbocycles. The highest BCUT2D eigenvalue weighted by molar-refractivity contribution is 5.59. The summed E-state index contributed by atoms with van der Waals surface area (Å²) in [5.41, 5.74) is 11.7. The summed E-state index contributed by atoms with van der Waals surface area (Å²) in [4.78, 5) is 0. The molecule has 0 aliphatic rings. The van der Waals surface area contributed by atoms with E-state index in [1.807, 2.05) is 6.07 Å². The van der Waals surface area contributed by atoms with Gasteiger partial charge < -0.3 is 16.6 Å². The van der Waals surface area contributed by atoms with Crippen LogP contribution in [0, 0.1) is 6.54 Å². The van der Waals surface area contributed by atoms with E-state index < -0.39 is 0 Å². The molecular weight excluding hydrogens is 152 g/mol. The molecule has 0 saturated heterocycles. The highest BCUT2D eigenvalue weighted by Crippen LogP contribution is 2.17. The molecule has 1 radical (unpaired) electrons. The van der Waals surface area contributed by atoms with Crippen molar-refractivity contribution in [2.45, 2.75) is 0 Å². The van der Waals surface area contributed by atoms with Gasteiger partial charge in [0.25, 0.3) is 0 Å². The fourth-order valence-corrected chi connectivity index (χ4v) is 0.837. The second-order valence-corrected chi connectivity index (χ2v) is 2.37. The molecule has 3 nitrogen and oxygen atoms in total. The molecule has 63 valence electrons. The third-order valence-electron chi connectivity index (χ3n) is 1.45. The smallest absolute Gasteiger partial charge is 0.122 e. The van der Waals surface area contributed by atoms with Gasteiger partial charge in [-0.1, -0.05) is 18.2 Å². The monoisotopic (exact) mass is 163 g/mol. The van der Waals surface area contributed by atoms with Crippen LogP contribution in [0.15, 0.2) is 30.0 Å². The fourth-order valence-electron chi connectivity index (χ4n) is 0.837. The SMILES string of the molecule is N[CH]C(N)=Cc1ccccc1O. The van der Waals surface area contributed by atoms with Gasteiger partial charge >= 0.3 is 0 Å². The van der Waals surface area contributed by atoms with Gasteiger partial charge in [-0.25, -0.2) is 0 Å². The van der Waals surface area contributed by atoms with E-state index in [0.717, 1.165) is 0 Å². The maximum absolute atomic E-state index is 9.30. The summed E-state index contributed by atoms with van der Waals surface area (Å²) >= 11 is 0. The van der Waals surface area contributed by atoms with Gasteiger partial charge in [0.2, 0.25) is 0 Å². The van der Waals surface area contributed by atoms with Gasteiger partial charge in [-0.3, -0.25) is 0 Å². The van der Waals surface area contributed by atoms with Crippen LogP contribution in [-0.2, 0) is 0 Å². The highest BCUT2D eigenvalue weighted by atomic mass is 16.3. The van der Waals surface area contributed by atoms with Crippen molar-refractivity contribution in [2.24, 2.45) is 11.5 Å². The fraction of sp³-hybridized carbons (Fsp3) is 0. The third kappa shape index (κ3) is 2.00. The quantitative estimate of drug-likeness (QED) is 0.604. The van der Waals surface area contributed by atoms with E-state index in [1.165, 1.54) is 6.54 Å². The third-order valence-corrected chi connectivity index (χ3v) is 1.45. The molecule has 0 spiro atoms. The Kier molecular flexibility index (Phi) is 2.71. The summed E-state index contributed by atoms with van der Waals surface area (Å²) in [6, 6.07) is 6.91. The lowest BCUT2D eigenvalue weighted by molar-refractivity contribution is 0.474. The van der Waals surface area contributed by atoms with E-state index >= 15 is 0 Å². The Bertz CT molecular complexity index is 294. The molecule has 0 amide bonds. The molecule has 0 atom stereocenters. The predicted octanol–water partition coefficient (Wildman–Crippen LogP) is 0.812. The predicted molar refractivity (Wildman–Crippen MR) is 48.8 cm³/mol. The first-order chi connectivity index (χ1) is 5.74. The van der Waals surface area contributed by atoms with Gasteiger partial charge in [-0.15, -0.1) is 0 Å². The van der Waals surface area contributed by atoms with E-state index in [2.05, 4.69) is 0 Å². The normalized spacial score (nSPS) is 11.6. The number of rotatable bonds is 2. The van der Waals surface area contributed by atoms with Gasteiger partial charge in [-0.2, -0.15) is 0 Å². The van der Waals surface area contributed by atoms with E-state index in [1.54, 1.807) is 24.3 Å². The zero-order valence-electron chi connectivity index (χ0n) is 6.57. The summed E-state index contributed by atoms with van der Waals surface area (Å²) in [6.07, 6.45) is 1.61. The maximum Gasteiger partial charge on any atom is 0.122 e. The van der Waals surface area contributed by atoms with Crippen molar-refractivity contribution in [3.63, 3.8) is 0 Å². The Morgan fingerprint density at radius 1 is 1.33 bits per heavy atom. The zero-order chi connectivity index (χ0) is 8.97. The summed E-state index contributed by atoms with van der Waals surface area (Å²) < 4.78 is 0. The first-order valence-corrected chi connectivity index (χ1v) is 3.54. The summed E-state index contributed by atoms with van der Waals surface area (Å²) in [6.45, 7) is 1.28. The minimum Gasteiger partial charge on any atom is -0.507 e. The standard InChI is InChI=1S/C9H11N2O/c10-6-8(11)5-7-3-1-2-4-9(7)12/h1-6,12H,10-11H2. The topological polar surface area (TPSA) is 72.3 Å². The number of benzene rings is 1. The van der Waals surface area contributed by atoms with Gasteiger partial charge in [0.15, 0.2) is 0 Å². The molecule has 0 aromatic heterocycles.